The Labute approximate surface area is 232 Å². The zero-order valence-corrected chi connectivity index (χ0v) is 23.1. The molecular formula is C34H34N2O2S. The van der Waals surface area contributed by atoms with Gasteiger partial charge in [-0.05, 0) is 54.7 Å². The van der Waals surface area contributed by atoms with Gasteiger partial charge in [0.15, 0.2) is 0 Å². The molecule has 4 aromatic carbocycles. The predicted molar refractivity (Wildman–Crippen MR) is 158 cm³/mol. The third-order valence-corrected chi connectivity index (χ3v) is 10.1. The Kier molecular flexibility index (Phi) is 6.88. The topological polar surface area (TPSA) is 40.6 Å². The Balaban J connectivity index is 1.46. The minimum Gasteiger partial charge on any atom is -0.363 e. The van der Waals surface area contributed by atoms with Crippen molar-refractivity contribution in [3.63, 3.8) is 0 Å². The Morgan fingerprint density at radius 1 is 0.795 bits per heavy atom. The Morgan fingerprint density at radius 3 is 2.10 bits per heavy atom. The van der Waals surface area contributed by atoms with E-state index in [-0.39, 0.29) is 18.0 Å². The van der Waals surface area contributed by atoms with Gasteiger partial charge in [0.2, 0.25) is 10.0 Å². The predicted octanol–water partition coefficient (Wildman–Crippen LogP) is 7.08. The van der Waals surface area contributed by atoms with E-state index in [4.69, 9.17) is 0 Å². The normalized spacial score (nSPS) is 20.6. The quantitative estimate of drug-likeness (QED) is 0.238. The second kappa shape index (κ2) is 10.5. The van der Waals surface area contributed by atoms with E-state index >= 15 is 0 Å². The van der Waals surface area contributed by atoms with Crippen LogP contribution in [-0.4, -0.2) is 24.8 Å². The number of aryl methyl sites for hydroxylation is 1. The first-order valence-electron chi connectivity index (χ1n) is 13.6. The third-order valence-electron chi connectivity index (χ3n) is 8.20. The lowest BCUT2D eigenvalue weighted by atomic mass is 9.76. The molecule has 1 saturated carbocycles. The van der Waals surface area contributed by atoms with Crippen molar-refractivity contribution in [1.29, 1.82) is 0 Å². The van der Waals surface area contributed by atoms with Crippen LogP contribution in [0.15, 0.2) is 126 Å². The van der Waals surface area contributed by atoms with E-state index in [2.05, 4.69) is 60.0 Å². The summed E-state index contributed by atoms with van der Waals surface area (Å²) in [6, 6.07) is 36.1. The van der Waals surface area contributed by atoms with Crippen LogP contribution in [0.1, 0.15) is 41.0 Å². The standard InChI is InChI=1S/C34H34N2O2S/c1-25-17-19-29(20-18-25)39(37,38)36(24-28-13-7-4-8-14-28)33-22-26(2)21-32-34(33)30-15-9-10-16-31(30)35(32)23-27-11-5-3-6-12-27/h3-20,32-34H,2,21-24H2,1H3/t32-,33-,34-/m1/s1. The van der Waals surface area contributed by atoms with Gasteiger partial charge >= 0.3 is 0 Å². The molecule has 1 aliphatic heterocycles. The zero-order valence-electron chi connectivity index (χ0n) is 22.3. The SMILES string of the molecule is C=C1C[C@@H]2[C@@H](c3ccccc3N2Cc2ccccc2)[C@H](N(Cc2ccccc2)S(=O)(=O)c2ccc(C)cc2)C1. The number of rotatable bonds is 7. The van der Waals surface area contributed by atoms with E-state index in [1.165, 1.54) is 16.8 Å². The van der Waals surface area contributed by atoms with Crippen LogP contribution in [0.5, 0.6) is 0 Å². The number of sulfonamides is 1. The van der Waals surface area contributed by atoms with Gasteiger partial charge in [0.05, 0.1) is 4.90 Å². The number of para-hydroxylation sites is 1. The summed E-state index contributed by atoms with van der Waals surface area (Å²) in [6.07, 6.45) is 1.50. The summed E-state index contributed by atoms with van der Waals surface area (Å²) < 4.78 is 30.6. The molecule has 3 atom stereocenters. The van der Waals surface area contributed by atoms with Crippen molar-refractivity contribution in [3.8, 4) is 0 Å². The lowest BCUT2D eigenvalue weighted by Gasteiger charge is -2.43. The molecule has 1 fully saturated rings. The molecule has 0 spiro atoms. The highest BCUT2D eigenvalue weighted by molar-refractivity contribution is 7.89. The smallest absolute Gasteiger partial charge is 0.243 e. The van der Waals surface area contributed by atoms with Gasteiger partial charge in [-0.25, -0.2) is 8.42 Å². The number of hydrogen-bond donors (Lipinski definition) is 0. The zero-order chi connectivity index (χ0) is 27.0. The molecule has 0 aromatic heterocycles. The van der Waals surface area contributed by atoms with Crippen molar-refractivity contribution >= 4 is 15.7 Å². The van der Waals surface area contributed by atoms with E-state index < -0.39 is 10.0 Å². The van der Waals surface area contributed by atoms with Gasteiger partial charge in [0.1, 0.15) is 0 Å². The van der Waals surface area contributed by atoms with Crippen LogP contribution in [-0.2, 0) is 23.1 Å². The van der Waals surface area contributed by atoms with E-state index in [0.29, 0.717) is 17.9 Å². The average Bonchev–Trinajstić information content (AvgIpc) is 3.25. The lowest BCUT2D eigenvalue weighted by Crippen LogP contribution is -2.50. The monoisotopic (exact) mass is 534 g/mol. The number of hydrogen-bond acceptors (Lipinski definition) is 3. The molecule has 6 rings (SSSR count). The van der Waals surface area contributed by atoms with Crippen LogP contribution in [0.2, 0.25) is 0 Å². The number of anilines is 1. The second-order valence-corrected chi connectivity index (χ2v) is 12.7. The van der Waals surface area contributed by atoms with Crippen LogP contribution in [0.3, 0.4) is 0 Å². The molecule has 5 heteroatoms. The fourth-order valence-electron chi connectivity index (χ4n) is 6.37. The van der Waals surface area contributed by atoms with Crippen molar-refractivity contribution in [2.45, 2.75) is 55.8 Å². The van der Waals surface area contributed by atoms with Crippen molar-refractivity contribution in [1.82, 2.24) is 4.31 Å². The molecule has 0 saturated heterocycles. The van der Waals surface area contributed by atoms with Crippen molar-refractivity contribution < 1.29 is 8.42 Å². The van der Waals surface area contributed by atoms with Crippen LogP contribution >= 0.6 is 0 Å². The number of fused-ring (bicyclic) bond motifs is 3. The van der Waals surface area contributed by atoms with Gasteiger partial charge < -0.3 is 4.90 Å². The average molecular weight is 535 g/mol. The first kappa shape index (κ1) is 25.6. The largest absolute Gasteiger partial charge is 0.363 e. The maximum Gasteiger partial charge on any atom is 0.243 e. The van der Waals surface area contributed by atoms with Gasteiger partial charge in [-0.15, -0.1) is 0 Å². The molecule has 4 aromatic rings. The molecule has 0 bridgehead atoms. The molecule has 0 amide bonds. The van der Waals surface area contributed by atoms with E-state index in [9.17, 15) is 8.42 Å². The van der Waals surface area contributed by atoms with E-state index in [0.717, 1.165) is 29.7 Å². The number of nitrogens with zero attached hydrogens (tertiary/aromatic N) is 2. The van der Waals surface area contributed by atoms with E-state index in [1.807, 2.05) is 55.5 Å². The molecular weight excluding hydrogens is 500 g/mol. The molecule has 0 unspecified atom stereocenters. The second-order valence-electron chi connectivity index (χ2n) is 10.8. The van der Waals surface area contributed by atoms with Crippen LogP contribution < -0.4 is 4.90 Å². The molecule has 1 aliphatic carbocycles. The highest BCUT2D eigenvalue weighted by Crippen LogP contribution is 2.51. The maximum absolute atomic E-state index is 14.4. The van der Waals surface area contributed by atoms with Gasteiger partial charge in [0.25, 0.3) is 0 Å². The Morgan fingerprint density at radius 2 is 1.41 bits per heavy atom. The van der Waals surface area contributed by atoms with Crippen LogP contribution in [0, 0.1) is 6.92 Å². The van der Waals surface area contributed by atoms with Gasteiger partial charge in [-0.2, -0.15) is 4.31 Å². The first-order valence-corrected chi connectivity index (χ1v) is 15.0. The highest BCUT2D eigenvalue weighted by Gasteiger charge is 2.49. The minimum absolute atomic E-state index is 0.0411. The van der Waals surface area contributed by atoms with Crippen molar-refractivity contribution in [3.05, 3.63) is 144 Å². The summed E-state index contributed by atoms with van der Waals surface area (Å²) in [5.41, 5.74) is 6.79. The van der Waals surface area contributed by atoms with Crippen LogP contribution in [0.4, 0.5) is 5.69 Å². The molecule has 39 heavy (non-hydrogen) atoms. The summed E-state index contributed by atoms with van der Waals surface area (Å²) >= 11 is 0. The third kappa shape index (κ3) is 4.93. The maximum atomic E-state index is 14.4. The fourth-order valence-corrected chi connectivity index (χ4v) is 8.00. The van der Waals surface area contributed by atoms with Gasteiger partial charge in [-0.3, -0.25) is 0 Å². The summed E-state index contributed by atoms with van der Waals surface area (Å²) in [5.74, 6) is 0.0411. The molecule has 4 nitrogen and oxygen atoms in total. The molecule has 0 radical (unpaired) electrons. The number of benzene rings is 4. The van der Waals surface area contributed by atoms with Crippen molar-refractivity contribution in [2.24, 2.45) is 0 Å². The lowest BCUT2D eigenvalue weighted by molar-refractivity contribution is 0.231. The van der Waals surface area contributed by atoms with E-state index in [1.54, 1.807) is 16.4 Å². The van der Waals surface area contributed by atoms with Gasteiger partial charge in [0, 0.05) is 36.8 Å². The van der Waals surface area contributed by atoms with Gasteiger partial charge in [-0.1, -0.05) is 109 Å². The summed E-state index contributed by atoms with van der Waals surface area (Å²) in [4.78, 5) is 2.82. The molecule has 2 aliphatic rings. The molecule has 198 valence electrons. The summed E-state index contributed by atoms with van der Waals surface area (Å²) in [7, 11) is -3.78. The van der Waals surface area contributed by atoms with Crippen molar-refractivity contribution in [2.75, 3.05) is 4.90 Å². The summed E-state index contributed by atoms with van der Waals surface area (Å²) in [5, 5.41) is 0. The molecule has 0 N–H and O–H groups in total. The minimum atomic E-state index is -3.78. The first-order chi connectivity index (χ1) is 18.9. The van der Waals surface area contributed by atoms with Crippen LogP contribution in [0.25, 0.3) is 0 Å². The highest BCUT2D eigenvalue weighted by atomic mass is 32.2. The summed E-state index contributed by atoms with van der Waals surface area (Å²) in [6.45, 7) is 7.51. The Bertz CT molecular complexity index is 1570. The molecule has 1 heterocycles. The fraction of sp³-hybridized carbons (Fsp3) is 0.235. The Hall–Kier alpha value is -3.67.